The Kier molecular flexibility index (Phi) is 10.3. The molecule has 8 heteroatoms. The Balaban J connectivity index is 1.97. The SMILES string of the molecule is CC[C@H](C)NC(=O)[C@H](C)N(CCc1ccccc1)C(=O)CN(c1cccc(C)c1)S(=O)(=O)c1ccc(C)cc1. The minimum atomic E-state index is -4.07. The van der Waals surface area contributed by atoms with Gasteiger partial charge in [0.1, 0.15) is 12.6 Å². The van der Waals surface area contributed by atoms with Crippen LogP contribution in [0.25, 0.3) is 0 Å². The molecule has 7 nitrogen and oxygen atoms in total. The maximum absolute atomic E-state index is 13.9. The summed E-state index contributed by atoms with van der Waals surface area (Å²) in [6.45, 7) is 9.16. The normalized spacial score (nSPS) is 12.8. The second-order valence-electron chi connectivity index (χ2n) is 9.98. The molecule has 0 spiro atoms. The highest BCUT2D eigenvalue weighted by atomic mass is 32.2. The van der Waals surface area contributed by atoms with Gasteiger partial charge >= 0.3 is 0 Å². The summed E-state index contributed by atoms with van der Waals surface area (Å²) in [7, 11) is -4.07. The van der Waals surface area contributed by atoms with Crippen molar-refractivity contribution in [2.24, 2.45) is 0 Å². The number of anilines is 1. The average Bonchev–Trinajstić information content (AvgIpc) is 2.92. The number of sulfonamides is 1. The van der Waals surface area contributed by atoms with Crippen LogP contribution in [0.15, 0.2) is 83.8 Å². The fraction of sp³-hybridized carbons (Fsp3) is 0.355. The number of benzene rings is 3. The van der Waals surface area contributed by atoms with E-state index < -0.39 is 28.5 Å². The Hall–Kier alpha value is -3.65. The summed E-state index contributed by atoms with van der Waals surface area (Å²) >= 11 is 0. The molecule has 0 heterocycles. The number of amides is 2. The van der Waals surface area contributed by atoms with Gasteiger partial charge in [-0.05, 0) is 75.9 Å². The molecule has 0 fully saturated rings. The first-order chi connectivity index (χ1) is 18.5. The van der Waals surface area contributed by atoms with E-state index >= 15 is 0 Å². The van der Waals surface area contributed by atoms with Gasteiger partial charge in [0.05, 0.1) is 10.6 Å². The molecule has 3 rings (SSSR count). The molecule has 208 valence electrons. The lowest BCUT2D eigenvalue weighted by molar-refractivity contribution is -0.139. The highest BCUT2D eigenvalue weighted by Gasteiger charge is 2.32. The fourth-order valence-electron chi connectivity index (χ4n) is 4.18. The molecule has 0 saturated heterocycles. The highest BCUT2D eigenvalue weighted by Crippen LogP contribution is 2.25. The number of carbonyl (C=O) groups excluding carboxylic acids is 2. The largest absolute Gasteiger partial charge is 0.352 e. The van der Waals surface area contributed by atoms with Crippen molar-refractivity contribution in [3.63, 3.8) is 0 Å². The van der Waals surface area contributed by atoms with Crippen LogP contribution in [0.5, 0.6) is 0 Å². The standard InChI is InChI=1S/C31H39N3O4S/c1-6-25(4)32-31(36)26(5)33(20-19-27-12-8-7-9-13-27)30(35)22-34(28-14-10-11-24(3)21-28)39(37,38)29-17-15-23(2)16-18-29/h7-18,21,25-26H,6,19-20,22H2,1-5H3,(H,32,36)/t25-,26-/m0/s1. The molecule has 2 amide bonds. The van der Waals surface area contributed by atoms with E-state index in [2.05, 4.69) is 5.32 Å². The van der Waals surface area contributed by atoms with E-state index in [1.807, 2.05) is 64.1 Å². The Morgan fingerprint density at radius 1 is 0.872 bits per heavy atom. The third-order valence-corrected chi connectivity index (χ3v) is 8.62. The molecule has 0 saturated carbocycles. The van der Waals surface area contributed by atoms with E-state index in [1.165, 1.54) is 4.90 Å². The summed E-state index contributed by atoms with van der Waals surface area (Å²) in [4.78, 5) is 28.6. The van der Waals surface area contributed by atoms with Crippen LogP contribution >= 0.6 is 0 Å². The van der Waals surface area contributed by atoms with Gasteiger partial charge in [0.15, 0.2) is 0 Å². The highest BCUT2D eigenvalue weighted by molar-refractivity contribution is 7.92. The van der Waals surface area contributed by atoms with Crippen molar-refractivity contribution in [3.05, 3.63) is 95.6 Å². The van der Waals surface area contributed by atoms with E-state index in [9.17, 15) is 18.0 Å². The Bertz CT molecular complexity index is 1360. The zero-order chi connectivity index (χ0) is 28.6. The van der Waals surface area contributed by atoms with Gasteiger partial charge in [0.25, 0.3) is 10.0 Å². The van der Waals surface area contributed by atoms with Crippen LogP contribution in [-0.4, -0.2) is 50.3 Å². The van der Waals surface area contributed by atoms with Crippen molar-refractivity contribution < 1.29 is 18.0 Å². The Morgan fingerprint density at radius 2 is 1.54 bits per heavy atom. The lowest BCUT2D eigenvalue weighted by atomic mass is 10.1. The van der Waals surface area contributed by atoms with Crippen LogP contribution in [0.4, 0.5) is 5.69 Å². The molecule has 0 aliphatic heterocycles. The second-order valence-corrected chi connectivity index (χ2v) is 11.8. The van der Waals surface area contributed by atoms with Gasteiger partial charge in [-0.1, -0.05) is 67.1 Å². The summed E-state index contributed by atoms with van der Waals surface area (Å²) in [6, 6.07) is 22.5. The number of aryl methyl sites for hydroxylation is 2. The summed E-state index contributed by atoms with van der Waals surface area (Å²) in [5, 5.41) is 2.95. The predicted octanol–water partition coefficient (Wildman–Crippen LogP) is 4.87. The lowest BCUT2D eigenvalue weighted by Gasteiger charge is -2.32. The van der Waals surface area contributed by atoms with Crippen molar-refractivity contribution in [2.45, 2.75) is 64.4 Å². The molecule has 0 aliphatic rings. The number of nitrogens with one attached hydrogen (secondary N) is 1. The van der Waals surface area contributed by atoms with Crippen LogP contribution in [0.3, 0.4) is 0 Å². The van der Waals surface area contributed by atoms with Crippen LogP contribution in [0.2, 0.25) is 0 Å². The van der Waals surface area contributed by atoms with Crippen LogP contribution in [0.1, 0.15) is 43.9 Å². The van der Waals surface area contributed by atoms with E-state index in [1.54, 1.807) is 49.4 Å². The molecule has 3 aromatic carbocycles. The molecule has 0 aromatic heterocycles. The van der Waals surface area contributed by atoms with E-state index in [0.29, 0.717) is 12.1 Å². The smallest absolute Gasteiger partial charge is 0.264 e. The molecular weight excluding hydrogens is 510 g/mol. The summed E-state index contributed by atoms with van der Waals surface area (Å²) < 4.78 is 28.9. The third-order valence-electron chi connectivity index (χ3n) is 6.83. The Labute approximate surface area is 232 Å². The predicted molar refractivity (Wildman–Crippen MR) is 156 cm³/mol. The van der Waals surface area contributed by atoms with Crippen molar-refractivity contribution in [1.82, 2.24) is 10.2 Å². The van der Waals surface area contributed by atoms with Crippen molar-refractivity contribution >= 4 is 27.5 Å². The van der Waals surface area contributed by atoms with Gasteiger partial charge in [0, 0.05) is 12.6 Å². The number of carbonyl (C=O) groups is 2. The maximum atomic E-state index is 13.9. The van der Waals surface area contributed by atoms with Crippen molar-refractivity contribution in [2.75, 3.05) is 17.4 Å². The monoisotopic (exact) mass is 549 g/mol. The number of nitrogens with zero attached hydrogens (tertiary/aromatic N) is 2. The molecule has 0 aliphatic carbocycles. The lowest BCUT2D eigenvalue weighted by Crippen LogP contribution is -2.53. The molecule has 2 atom stereocenters. The second kappa shape index (κ2) is 13.4. The topological polar surface area (TPSA) is 86.8 Å². The summed E-state index contributed by atoms with van der Waals surface area (Å²) in [5.74, 6) is -0.718. The molecule has 39 heavy (non-hydrogen) atoms. The molecule has 0 unspecified atom stereocenters. The quantitative estimate of drug-likeness (QED) is 0.349. The van der Waals surface area contributed by atoms with Gasteiger partial charge in [-0.3, -0.25) is 13.9 Å². The minimum absolute atomic E-state index is 0.0447. The van der Waals surface area contributed by atoms with Gasteiger partial charge in [-0.25, -0.2) is 8.42 Å². The summed E-state index contributed by atoms with van der Waals surface area (Å²) in [5.41, 5.74) is 3.21. The molecule has 1 N–H and O–H groups in total. The van der Waals surface area contributed by atoms with E-state index in [4.69, 9.17) is 0 Å². The first-order valence-electron chi connectivity index (χ1n) is 13.3. The van der Waals surface area contributed by atoms with Crippen LogP contribution in [0, 0.1) is 13.8 Å². The van der Waals surface area contributed by atoms with E-state index in [-0.39, 0.29) is 23.4 Å². The van der Waals surface area contributed by atoms with Gasteiger partial charge in [-0.2, -0.15) is 0 Å². The van der Waals surface area contributed by atoms with Gasteiger partial charge < -0.3 is 10.2 Å². The van der Waals surface area contributed by atoms with Crippen LogP contribution < -0.4 is 9.62 Å². The molecule has 3 aromatic rings. The van der Waals surface area contributed by atoms with Crippen molar-refractivity contribution in [1.29, 1.82) is 0 Å². The maximum Gasteiger partial charge on any atom is 0.264 e. The van der Waals surface area contributed by atoms with Gasteiger partial charge in [0.2, 0.25) is 11.8 Å². The van der Waals surface area contributed by atoms with Gasteiger partial charge in [-0.15, -0.1) is 0 Å². The Morgan fingerprint density at radius 3 is 2.15 bits per heavy atom. The fourth-order valence-corrected chi connectivity index (χ4v) is 5.59. The molecular formula is C31H39N3O4S. The number of hydrogen-bond donors (Lipinski definition) is 1. The number of hydrogen-bond acceptors (Lipinski definition) is 4. The zero-order valence-corrected chi connectivity index (χ0v) is 24.2. The first-order valence-corrected chi connectivity index (χ1v) is 14.8. The average molecular weight is 550 g/mol. The molecule has 0 radical (unpaired) electrons. The number of rotatable bonds is 12. The first kappa shape index (κ1) is 29.9. The molecule has 0 bridgehead atoms. The summed E-state index contributed by atoms with van der Waals surface area (Å²) in [6.07, 6.45) is 1.29. The zero-order valence-electron chi connectivity index (χ0n) is 23.4. The minimum Gasteiger partial charge on any atom is -0.352 e. The third kappa shape index (κ3) is 7.93. The van der Waals surface area contributed by atoms with Crippen molar-refractivity contribution in [3.8, 4) is 0 Å². The van der Waals surface area contributed by atoms with E-state index in [0.717, 1.165) is 27.4 Å². The van der Waals surface area contributed by atoms with Crippen LogP contribution in [-0.2, 0) is 26.0 Å².